The van der Waals surface area contributed by atoms with Crippen LogP contribution in [0.2, 0.25) is 10.0 Å². The van der Waals surface area contributed by atoms with Crippen molar-refractivity contribution in [2.24, 2.45) is 4.99 Å². The molecule has 0 N–H and O–H groups in total. The molecule has 8 heteroatoms. The quantitative estimate of drug-likeness (QED) is 0.624. The zero-order valence-corrected chi connectivity index (χ0v) is 14.4. The highest BCUT2D eigenvalue weighted by Gasteiger charge is 2.28. The Bertz CT molecular complexity index is 1020. The molecule has 0 spiro atoms. The first kappa shape index (κ1) is 16.2. The third-order valence-corrected chi connectivity index (χ3v) is 4.82. The molecule has 0 saturated carbocycles. The number of benzene rings is 2. The fraction of sp³-hybridized carbons (Fsp3) is 0.118. The summed E-state index contributed by atoms with van der Waals surface area (Å²) < 4.78 is 30.5. The lowest BCUT2D eigenvalue weighted by atomic mass is 9.99. The van der Waals surface area contributed by atoms with Crippen LogP contribution in [0.15, 0.2) is 35.3 Å². The van der Waals surface area contributed by atoms with Crippen molar-refractivity contribution in [3.05, 3.63) is 74.8 Å². The summed E-state index contributed by atoms with van der Waals surface area (Å²) in [6.07, 6.45) is 0. The summed E-state index contributed by atoms with van der Waals surface area (Å²) in [6, 6.07) is 6.98. The summed E-state index contributed by atoms with van der Waals surface area (Å²) in [4.78, 5) is 4.38. The van der Waals surface area contributed by atoms with Gasteiger partial charge in [0.2, 0.25) is 0 Å². The molecule has 2 aromatic carbocycles. The van der Waals surface area contributed by atoms with Crippen LogP contribution in [0, 0.1) is 18.6 Å². The Balaban J connectivity index is 2.10. The van der Waals surface area contributed by atoms with Gasteiger partial charge in [0.15, 0.2) is 5.82 Å². The monoisotopic (exact) mass is 378 g/mol. The predicted molar refractivity (Wildman–Crippen MR) is 91.8 cm³/mol. The maximum atomic E-state index is 14.4. The molecule has 0 radical (unpaired) electrons. The number of hydrogen-bond donors (Lipinski definition) is 0. The summed E-state index contributed by atoms with van der Waals surface area (Å²) in [5.41, 5.74) is 0.776. The van der Waals surface area contributed by atoms with Crippen molar-refractivity contribution in [2.75, 3.05) is 0 Å². The summed E-state index contributed by atoms with van der Waals surface area (Å²) in [5, 5.41) is 8.56. The lowest BCUT2D eigenvalue weighted by Crippen LogP contribution is -2.12. The number of nitrogens with zero attached hydrogens (tertiary/aromatic N) is 4. The van der Waals surface area contributed by atoms with E-state index in [1.54, 1.807) is 23.6 Å². The standard InChI is InChI=1S/C17H10Cl2F2N4/c1-8-23-24-13-7-22-17(14-10(20)3-2-4-11(14)21)15-12(25(8)13)6-5-9(18)16(15)19/h2-6H,7H2,1H3. The molecule has 0 bridgehead atoms. The van der Waals surface area contributed by atoms with E-state index >= 15 is 0 Å². The van der Waals surface area contributed by atoms with Crippen LogP contribution in [0.4, 0.5) is 8.78 Å². The molecule has 0 atom stereocenters. The van der Waals surface area contributed by atoms with Crippen molar-refractivity contribution in [3.8, 4) is 5.69 Å². The smallest absolute Gasteiger partial charge is 0.159 e. The van der Waals surface area contributed by atoms with Crippen LogP contribution in [-0.2, 0) is 6.54 Å². The molecular weight excluding hydrogens is 369 g/mol. The van der Waals surface area contributed by atoms with E-state index in [1.807, 2.05) is 0 Å². The second kappa shape index (κ2) is 5.89. The molecule has 3 aromatic rings. The van der Waals surface area contributed by atoms with Gasteiger partial charge in [-0.1, -0.05) is 29.3 Å². The predicted octanol–water partition coefficient (Wildman–Crippen LogP) is 4.51. The SMILES string of the molecule is Cc1nnc2n1-c1ccc(Cl)c(Cl)c1C(c1c(F)cccc1F)=NC2. The summed E-state index contributed by atoms with van der Waals surface area (Å²) in [7, 11) is 0. The van der Waals surface area contributed by atoms with E-state index in [-0.39, 0.29) is 27.9 Å². The first-order valence-corrected chi connectivity index (χ1v) is 8.13. The van der Waals surface area contributed by atoms with E-state index in [9.17, 15) is 8.78 Å². The van der Waals surface area contributed by atoms with E-state index < -0.39 is 11.6 Å². The molecule has 1 aliphatic rings. The molecule has 2 heterocycles. The van der Waals surface area contributed by atoms with E-state index in [0.29, 0.717) is 22.9 Å². The van der Waals surface area contributed by atoms with Gasteiger partial charge in [-0.05, 0) is 31.2 Å². The normalized spacial score (nSPS) is 13.1. The Kier molecular flexibility index (Phi) is 3.81. The fourth-order valence-corrected chi connectivity index (χ4v) is 3.34. The minimum atomic E-state index is -0.727. The molecule has 0 unspecified atom stereocenters. The van der Waals surface area contributed by atoms with Gasteiger partial charge in [0.05, 0.1) is 27.0 Å². The third-order valence-electron chi connectivity index (χ3n) is 4.02. The highest BCUT2D eigenvalue weighted by atomic mass is 35.5. The van der Waals surface area contributed by atoms with Gasteiger partial charge in [-0.2, -0.15) is 0 Å². The van der Waals surface area contributed by atoms with Crippen LogP contribution in [0.25, 0.3) is 5.69 Å². The molecule has 0 amide bonds. The molecule has 4 nitrogen and oxygen atoms in total. The first-order valence-electron chi connectivity index (χ1n) is 7.37. The average molecular weight is 379 g/mol. The third kappa shape index (κ3) is 2.44. The Morgan fingerprint density at radius 3 is 2.44 bits per heavy atom. The van der Waals surface area contributed by atoms with Crippen LogP contribution in [-0.4, -0.2) is 20.5 Å². The van der Waals surface area contributed by atoms with Crippen LogP contribution >= 0.6 is 23.2 Å². The Morgan fingerprint density at radius 1 is 1.00 bits per heavy atom. The summed E-state index contributed by atoms with van der Waals surface area (Å²) in [5.74, 6) is -0.297. The average Bonchev–Trinajstić information content (AvgIpc) is 2.85. The van der Waals surface area contributed by atoms with Crippen molar-refractivity contribution in [1.82, 2.24) is 14.8 Å². The van der Waals surface area contributed by atoms with Crippen LogP contribution in [0.3, 0.4) is 0 Å². The molecule has 126 valence electrons. The van der Waals surface area contributed by atoms with Crippen LogP contribution < -0.4 is 0 Å². The van der Waals surface area contributed by atoms with Gasteiger partial charge in [0.1, 0.15) is 24.0 Å². The van der Waals surface area contributed by atoms with E-state index in [4.69, 9.17) is 23.2 Å². The van der Waals surface area contributed by atoms with Gasteiger partial charge in [-0.25, -0.2) is 8.78 Å². The van der Waals surface area contributed by atoms with E-state index in [2.05, 4.69) is 15.2 Å². The minimum absolute atomic E-state index is 0.100. The van der Waals surface area contributed by atoms with Gasteiger partial charge in [-0.15, -0.1) is 10.2 Å². The molecule has 1 aliphatic heterocycles. The molecular formula is C17H10Cl2F2N4. The number of aliphatic imine (C=N–C) groups is 1. The van der Waals surface area contributed by atoms with Crippen molar-refractivity contribution in [3.63, 3.8) is 0 Å². The number of hydrogen-bond acceptors (Lipinski definition) is 3. The van der Waals surface area contributed by atoms with Crippen LogP contribution in [0.1, 0.15) is 22.8 Å². The topological polar surface area (TPSA) is 43.1 Å². The van der Waals surface area contributed by atoms with Crippen molar-refractivity contribution in [1.29, 1.82) is 0 Å². The number of fused-ring (bicyclic) bond motifs is 3. The van der Waals surface area contributed by atoms with E-state index in [1.165, 1.54) is 18.2 Å². The Labute approximate surface area is 151 Å². The van der Waals surface area contributed by atoms with Gasteiger partial charge in [0.25, 0.3) is 0 Å². The largest absolute Gasteiger partial charge is 0.281 e. The second-order valence-corrected chi connectivity index (χ2v) is 6.30. The van der Waals surface area contributed by atoms with Crippen molar-refractivity contribution < 1.29 is 8.78 Å². The summed E-state index contributed by atoms with van der Waals surface area (Å²) in [6.45, 7) is 1.88. The highest BCUT2D eigenvalue weighted by Crippen LogP contribution is 2.36. The molecule has 0 fully saturated rings. The zero-order chi connectivity index (χ0) is 17.7. The van der Waals surface area contributed by atoms with Gasteiger partial charge >= 0.3 is 0 Å². The Hall–Kier alpha value is -2.31. The van der Waals surface area contributed by atoms with Crippen molar-refractivity contribution in [2.45, 2.75) is 13.5 Å². The molecule has 1 aromatic heterocycles. The summed E-state index contributed by atoms with van der Waals surface area (Å²) >= 11 is 12.6. The zero-order valence-electron chi connectivity index (χ0n) is 12.9. The molecule has 0 aliphatic carbocycles. The second-order valence-electron chi connectivity index (χ2n) is 5.52. The minimum Gasteiger partial charge on any atom is -0.281 e. The number of rotatable bonds is 1. The lowest BCUT2D eigenvalue weighted by Gasteiger charge is -2.15. The van der Waals surface area contributed by atoms with Crippen molar-refractivity contribution >= 4 is 28.9 Å². The molecule has 25 heavy (non-hydrogen) atoms. The van der Waals surface area contributed by atoms with E-state index in [0.717, 1.165) is 0 Å². The lowest BCUT2D eigenvalue weighted by molar-refractivity contribution is 0.579. The number of halogens is 4. The maximum Gasteiger partial charge on any atom is 0.159 e. The van der Waals surface area contributed by atoms with Crippen LogP contribution in [0.5, 0.6) is 0 Å². The molecule has 0 saturated heterocycles. The maximum absolute atomic E-state index is 14.4. The first-order chi connectivity index (χ1) is 12.0. The van der Waals surface area contributed by atoms with Gasteiger partial charge < -0.3 is 0 Å². The highest BCUT2D eigenvalue weighted by molar-refractivity contribution is 6.45. The van der Waals surface area contributed by atoms with Gasteiger partial charge in [0, 0.05) is 5.56 Å². The fourth-order valence-electron chi connectivity index (χ4n) is 2.93. The number of aryl methyl sites for hydroxylation is 1. The van der Waals surface area contributed by atoms with Gasteiger partial charge in [-0.3, -0.25) is 9.56 Å². The molecule has 4 rings (SSSR count). The Morgan fingerprint density at radius 2 is 1.72 bits per heavy atom. The number of aromatic nitrogens is 3.